The van der Waals surface area contributed by atoms with E-state index in [-0.39, 0.29) is 5.56 Å². The molecule has 154 valence electrons. The number of aromatic amines is 1. The summed E-state index contributed by atoms with van der Waals surface area (Å²) >= 11 is 0. The van der Waals surface area contributed by atoms with Gasteiger partial charge in [-0.15, -0.1) is 0 Å². The van der Waals surface area contributed by atoms with Gasteiger partial charge in [-0.2, -0.15) is 0 Å². The number of aromatic nitrogens is 1. The van der Waals surface area contributed by atoms with Gasteiger partial charge in [0.1, 0.15) is 0 Å². The van der Waals surface area contributed by atoms with E-state index in [1.807, 2.05) is 38.1 Å². The average molecular weight is 396 g/mol. The summed E-state index contributed by atoms with van der Waals surface area (Å²) in [6.07, 6.45) is 2.66. The van der Waals surface area contributed by atoms with E-state index in [1.165, 1.54) is 0 Å². The van der Waals surface area contributed by atoms with Gasteiger partial charge >= 0.3 is 5.97 Å². The molecule has 1 heterocycles. The molecule has 0 saturated heterocycles. The summed E-state index contributed by atoms with van der Waals surface area (Å²) in [6.45, 7) is 5.62. The van der Waals surface area contributed by atoms with Crippen molar-refractivity contribution in [2.75, 3.05) is 19.8 Å². The largest absolute Gasteiger partial charge is 0.490 e. The van der Waals surface area contributed by atoms with Gasteiger partial charge in [-0.25, -0.2) is 4.79 Å². The highest BCUT2D eigenvalue weighted by atomic mass is 16.5. The van der Waals surface area contributed by atoms with Crippen LogP contribution in [0, 0.1) is 0 Å². The molecule has 4 N–H and O–H groups in total. The molecule has 0 aliphatic heterocycles. The number of benzene rings is 2. The quantitative estimate of drug-likeness (QED) is 0.435. The molecule has 6 nitrogen and oxygen atoms in total. The van der Waals surface area contributed by atoms with E-state index >= 15 is 0 Å². The van der Waals surface area contributed by atoms with Crippen molar-refractivity contribution < 1.29 is 19.4 Å². The highest BCUT2D eigenvalue weighted by molar-refractivity contribution is 5.97. The molecule has 0 unspecified atom stereocenters. The lowest BCUT2D eigenvalue weighted by molar-refractivity contribution is 0.0697. The third kappa shape index (κ3) is 4.54. The lowest BCUT2D eigenvalue weighted by atomic mass is 9.99. The number of aryl methyl sites for hydroxylation is 1. The molecule has 6 heteroatoms. The van der Waals surface area contributed by atoms with Crippen molar-refractivity contribution in [3.63, 3.8) is 0 Å². The summed E-state index contributed by atoms with van der Waals surface area (Å²) in [5.41, 5.74) is 9.93. The lowest BCUT2D eigenvalue weighted by Crippen LogP contribution is -2.00. The van der Waals surface area contributed by atoms with Crippen molar-refractivity contribution in [3.8, 4) is 22.8 Å². The topological polar surface area (TPSA) is 97.6 Å². The van der Waals surface area contributed by atoms with Gasteiger partial charge in [0, 0.05) is 22.2 Å². The van der Waals surface area contributed by atoms with E-state index in [1.54, 1.807) is 12.1 Å². The Balaban J connectivity index is 2.13. The SMILES string of the molecule is CCOc1ccc(-c2[nH]c3ccc(C(=O)O)cc3c2CCCCN)cc1OCC. The molecule has 0 atom stereocenters. The van der Waals surface area contributed by atoms with Crippen molar-refractivity contribution in [3.05, 3.63) is 47.5 Å². The van der Waals surface area contributed by atoms with Gasteiger partial charge in [-0.1, -0.05) is 0 Å². The van der Waals surface area contributed by atoms with Crippen LogP contribution in [0.15, 0.2) is 36.4 Å². The first-order chi connectivity index (χ1) is 14.1. The van der Waals surface area contributed by atoms with Crippen molar-refractivity contribution >= 4 is 16.9 Å². The van der Waals surface area contributed by atoms with Gasteiger partial charge < -0.3 is 25.3 Å². The zero-order valence-electron chi connectivity index (χ0n) is 17.0. The van der Waals surface area contributed by atoms with Crippen LogP contribution < -0.4 is 15.2 Å². The van der Waals surface area contributed by atoms with E-state index in [9.17, 15) is 9.90 Å². The summed E-state index contributed by atoms with van der Waals surface area (Å²) in [4.78, 5) is 14.9. The van der Waals surface area contributed by atoms with Crippen molar-refractivity contribution in [2.24, 2.45) is 5.73 Å². The highest BCUT2D eigenvalue weighted by Gasteiger charge is 2.17. The third-order valence-electron chi connectivity index (χ3n) is 4.87. The molecule has 3 aromatic rings. The molecule has 1 aromatic heterocycles. The second kappa shape index (κ2) is 9.47. The van der Waals surface area contributed by atoms with Crippen molar-refractivity contribution in [2.45, 2.75) is 33.1 Å². The number of carbonyl (C=O) groups is 1. The van der Waals surface area contributed by atoms with Crippen LogP contribution in [0.3, 0.4) is 0 Å². The Labute approximate surface area is 170 Å². The molecule has 0 spiro atoms. The predicted octanol–water partition coefficient (Wildman–Crippen LogP) is 4.61. The van der Waals surface area contributed by atoms with Gasteiger partial charge in [0.25, 0.3) is 0 Å². The van der Waals surface area contributed by atoms with E-state index in [0.29, 0.717) is 31.3 Å². The Morgan fingerprint density at radius 2 is 1.79 bits per heavy atom. The Morgan fingerprint density at radius 1 is 1.03 bits per heavy atom. The Hall–Kier alpha value is -2.99. The van der Waals surface area contributed by atoms with Gasteiger partial charge in [-0.3, -0.25) is 0 Å². The number of unbranched alkanes of at least 4 members (excludes halogenated alkanes) is 1. The first-order valence-electron chi connectivity index (χ1n) is 10.1. The van der Waals surface area contributed by atoms with Crippen LogP contribution >= 0.6 is 0 Å². The van der Waals surface area contributed by atoms with Gasteiger partial charge in [-0.05, 0) is 81.6 Å². The van der Waals surface area contributed by atoms with E-state index in [2.05, 4.69) is 4.98 Å². The van der Waals surface area contributed by atoms with Crippen LogP contribution in [0.1, 0.15) is 42.6 Å². The smallest absolute Gasteiger partial charge is 0.335 e. The fourth-order valence-corrected chi connectivity index (χ4v) is 3.54. The maximum absolute atomic E-state index is 11.5. The molecular formula is C23H28N2O4. The average Bonchev–Trinajstić information content (AvgIpc) is 3.07. The number of ether oxygens (including phenoxy) is 2. The van der Waals surface area contributed by atoms with Crippen LogP contribution in [0.5, 0.6) is 11.5 Å². The molecular weight excluding hydrogens is 368 g/mol. The first-order valence-corrected chi connectivity index (χ1v) is 10.1. The standard InChI is InChI=1S/C23H28N2O4/c1-3-28-20-11-9-15(14-21(20)29-4-2)22-17(7-5-6-12-24)18-13-16(23(26)27)8-10-19(18)25-22/h8-11,13-14,25H,3-7,12,24H2,1-2H3,(H,26,27). The number of carboxylic acid groups (broad SMARTS) is 1. The van der Waals surface area contributed by atoms with Crippen LogP contribution in [0.2, 0.25) is 0 Å². The molecule has 3 rings (SSSR count). The number of hydrogen-bond donors (Lipinski definition) is 3. The number of rotatable bonds is 10. The summed E-state index contributed by atoms with van der Waals surface area (Å²) in [5, 5.41) is 10.3. The zero-order valence-corrected chi connectivity index (χ0v) is 17.0. The molecule has 0 fully saturated rings. The summed E-state index contributed by atoms with van der Waals surface area (Å²) < 4.78 is 11.5. The van der Waals surface area contributed by atoms with Gasteiger partial charge in [0.15, 0.2) is 11.5 Å². The fourth-order valence-electron chi connectivity index (χ4n) is 3.54. The van der Waals surface area contributed by atoms with E-state index in [0.717, 1.165) is 47.0 Å². The Morgan fingerprint density at radius 3 is 2.48 bits per heavy atom. The van der Waals surface area contributed by atoms with E-state index < -0.39 is 5.97 Å². The van der Waals surface area contributed by atoms with Crippen LogP contribution in [0.25, 0.3) is 22.2 Å². The first kappa shape index (κ1) is 20.7. The summed E-state index contributed by atoms with van der Waals surface area (Å²) in [5.74, 6) is 0.485. The number of aromatic carboxylic acids is 1. The molecule has 0 aliphatic carbocycles. The molecule has 0 amide bonds. The van der Waals surface area contributed by atoms with E-state index in [4.69, 9.17) is 15.2 Å². The monoisotopic (exact) mass is 396 g/mol. The second-order valence-electron chi connectivity index (χ2n) is 6.82. The minimum Gasteiger partial charge on any atom is -0.490 e. The normalized spacial score (nSPS) is 11.0. The number of nitrogens with two attached hydrogens (primary N) is 1. The number of H-pyrrole nitrogens is 1. The maximum Gasteiger partial charge on any atom is 0.335 e. The van der Waals surface area contributed by atoms with Crippen molar-refractivity contribution in [1.29, 1.82) is 0 Å². The molecule has 29 heavy (non-hydrogen) atoms. The number of fused-ring (bicyclic) bond motifs is 1. The molecule has 0 saturated carbocycles. The molecule has 0 radical (unpaired) electrons. The molecule has 0 aliphatic rings. The molecule has 0 bridgehead atoms. The molecule has 2 aromatic carbocycles. The van der Waals surface area contributed by atoms with Crippen LogP contribution in [-0.2, 0) is 6.42 Å². The number of hydrogen-bond acceptors (Lipinski definition) is 4. The number of nitrogens with one attached hydrogen (secondary N) is 1. The summed E-state index contributed by atoms with van der Waals surface area (Å²) in [7, 11) is 0. The van der Waals surface area contributed by atoms with Crippen LogP contribution in [0.4, 0.5) is 0 Å². The van der Waals surface area contributed by atoms with Crippen molar-refractivity contribution in [1.82, 2.24) is 4.98 Å². The van der Waals surface area contributed by atoms with Crippen LogP contribution in [-0.4, -0.2) is 35.8 Å². The fraction of sp³-hybridized carbons (Fsp3) is 0.348. The number of carboxylic acids is 1. The minimum absolute atomic E-state index is 0.282. The highest BCUT2D eigenvalue weighted by Crippen LogP contribution is 2.37. The Bertz CT molecular complexity index is 994. The lowest BCUT2D eigenvalue weighted by Gasteiger charge is -2.13. The zero-order chi connectivity index (χ0) is 20.8. The maximum atomic E-state index is 11.5. The summed E-state index contributed by atoms with van der Waals surface area (Å²) in [6, 6.07) is 11.1. The van der Waals surface area contributed by atoms with Gasteiger partial charge in [0.2, 0.25) is 0 Å². The second-order valence-corrected chi connectivity index (χ2v) is 6.82. The predicted molar refractivity (Wildman–Crippen MR) is 115 cm³/mol. The third-order valence-corrected chi connectivity index (χ3v) is 4.87. The van der Waals surface area contributed by atoms with Gasteiger partial charge in [0.05, 0.1) is 18.8 Å². The Kier molecular flexibility index (Phi) is 6.77. The minimum atomic E-state index is -0.928.